The van der Waals surface area contributed by atoms with Crippen molar-refractivity contribution in [2.24, 2.45) is 29.1 Å². The third-order valence-electron chi connectivity index (χ3n) is 9.27. The standard InChI is InChI=1S/C29H47N3O8/c1-28(2,3)40-27(37)31-21(17-10-8-7-9-11-17)25(35)32-13-18-20(29(18,4)5)22(32)24(34)30-19(12-16-14-39-15-16)23(33)26(36)38-6/h16-23,33H,7-15H2,1-6H3,(H,30,34)(H,31,37)/t18?,19?,20-,21-,22-,23?/m0/s1. The fraction of sp³-hybridized carbons (Fsp3) is 0.862. The van der Waals surface area contributed by atoms with Crippen molar-refractivity contribution in [3.63, 3.8) is 0 Å². The van der Waals surface area contributed by atoms with Gasteiger partial charge in [-0.05, 0) is 63.2 Å². The Kier molecular flexibility index (Phi) is 9.04. The molecule has 2 saturated heterocycles. The minimum Gasteiger partial charge on any atom is -0.467 e. The van der Waals surface area contributed by atoms with Crippen LogP contribution in [0.25, 0.3) is 0 Å². The molecule has 3 N–H and O–H groups in total. The summed E-state index contributed by atoms with van der Waals surface area (Å²) in [6, 6.07) is -2.44. The number of likely N-dealkylation sites (tertiary alicyclic amines) is 1. The molecule has 0 radical (unpaired) electrons. The number of rotatable bonds is 9. The van der Waals surface area contributed by atoms with E-state index in [0.29, 0.717) is 26.2 Å². The lowest BCUT2D eigenvalue weighted by Gasteiger charge is -2.38. The van der Waals surface area contributed by atoms with Crippen molar-refractivity contribution in [1.82, 2.24) is 15.5 Å². The highest BCUT2D eigenvalue weighted by Gasteiger charge is 2.69. The summed E-state index contributed by atoms with van der Waals surface area (Å²) >= 11 is 0. The van der Waals surface area contributed by atoms with Crippen LogP contribution in [0.1, 0.15) is 73.1 Å². The zero-order chi connectivity index (χ0) is 29.4. The number of fused-ring (bicyclic) bond motifs is 1. The van der Waals surface area contributed by atoms with E-state index in [-0.39, 0.29) is 35.0 Å². The Hall–Kier alpha value is -2.40. The van der Waals surface area contributed by atoms with E-state index >= 15 is 0 Å². The number of hydrogen-bond acceptors (Lipinski definition) is 8. The van der Waals surface area contributed by atoms with Gasteiger partial charge in [0, 0.05) is 12.5 Å². The van der Waals surface area contributed by atoms with Gasteiger partial charge in [-0.3, -0.25) is 9.59 Å². The van der Waals surface area contributed by atoms with Crippen LogP contribution in [0.15, 0.2) is 0 Å². The number of methoxy groups -OCH3 is 1. The minimum atomic E-state index is -1.54. The molecule has 4 aliphatic rings. The lowest BCUT2D eigenvalue weighted by molar-refractivity contribution is -0.154. The number of nitrogens with one attached hydrogen (secondary N) is 2. The zero-order valence-electron chi connectivity index (χ0n) is 24.7. The molecule has 226 valence electrons. The summed E-state index contributed by atoms with van der Waals surface area (Å²) in [5.74, 6) is -1.37. The summed E-state index contributed by atoms with van der Waals surface area (Å²) in [5.41, 5.74) is -0.844. The third-order valence-corrected chi connectivity index (χ3v) is 9.27. The molecule has 2 saturated carbocycles. The fourth-order valence-corrected chi connectivity index (χ4v) is 6.87. The molecule has 2 heterocycles. The highest BCUT2D eigenvalue weighted by molar-refractivity contribution is 5.93. The van der Waals surface area contributed by atoms with Crippen LogP contribution >= 0.6 is 0 Å². The maximum absolute atomic E-state index is 14.2. The van der Waals surface area contributed by atoms with Gasteiger partial charge in [0.2, 0.25) is 11.8 Å². The summed E-state index contributed by atoms with van der Waals surface area (Å²) in [4.78, 5) is 54.7. The van der Waals surface area contributed by atoms with Crippen LogP contribution in [-0.4, -0.2) is 90.6 Å². The van der Waals surface area contributed by atoms with Gasteiger partial charge in [-0.25, -0.2) is 9.59 Å². The first kappa shape index (κ1) is 30.6. The van der Waals surface area contributed by atoms with Gasteiger partial charge in [0.1, 0.15) is 17.7 Å². The Morgan fingerprint density at radius 2 is 1.73 bits per heavy atom. The van der Waals surface area contributed by atoms with Gasteiger partial charge < -0.3 is 34.9 Å². The Morgan fingerprint density at radius 1 is 1.07 bits per heavy atom. The first-order valence-corrected chi connectivity index (χ1v) is 14.7. The van der Waals surface area contributed by atoms with Crippen LogP contribution in [0, 0.1) is 29.1 Å². The first-order valence-electron chi connectivity index (χ1n) is 14.7. The number of esters is 1. The predicted octanol–water partition coefficient (Wildman–Crippen LogP) is 2.00. The van der Waals surface area contributed by atoms with Gasteiger partial charge in [0.25, 0.3) is 0 Å². The van der Waals surface area contributed by atoms with Crippen molar-refractivity contribution in [3.05, 3.63) is 0 Å². The highest BCUT2D eigenvalue weighted by Crippen LogP contribution is 2.65. The lowest BCUT2D eigenvalue weighted by Crippen LogP contribution is -2.60. The quantitative estimate of drug-likeness (QED) is 0.360. The van der Waals surface area contributed by atoms with Crippen molar-refractivity contribution in [1.29, 1.82) is 0 Å². The summed E-state index contributed by atoms with van der Waals surface area (Å²) in [5, 5.41) is 16.4. The number of amides is 3. The molecule has 2 aliphatic heterocycles. The topological polar surface area (TPSA) is 144 Å². The molecule has 4 rings (SSSR count). The summed E-state index contributed by atoms with van der Waals surface area (Å²) in [6.07, 6.45) is 2.84. The molecule has 0 bridgehead atoms. The average molecular weight is 566 g/mol. The van der Waals surface area contributed by atoms with Crippen molar-refractivity contribution < 1.29 is 38.5 Å². The predicted molar refractivity (Wildman–Crippen MR) is 145 cm³/mol. The maximum Gasteiger partial charge on any atom is 0.408 e. The van der Waals surface area contributed by atoms with Crippen LogP contribution in [0.4, 0.5) is 4.79 Å². The molecule has 11 heteroatoms. The molecule has 3 amide bonds. The second-order valence-electron chi connectivity index (χ2n) is 13.6. The molecule has 0 aromatic carbocycles. The first-order chi connectivity index (χ1) is 18.7. The average Bonchev–Trinajstić information content (AvgIpc) is 3.19. The van der Waals surface area contributed by atoms with Crippen LogP contribution in [0.2, 0.25) is 0 Å². The summed E-state index contributed by atoms with van der Waals surface area (Å²) in [6.45, 7) is 10.9. The van der Waals surface area contributed by atoms with Crippen LogP contribution in [-0.2, 0) is 28.6 Å². The Labute approximate surface area is 237 Å². The van der Waals surface area contributed by atoms with Gasteiger partial charge in [-0.2, -0.15) is 0 Å². The molecule has 4 fully saturated rings. The van der Waals surface area contributed by atoms with E-state index in [9.17, 15) is 24.3 Å². The molecule has 0 spiro atoms. The van der Waals surface area contributed by atoms with E-state index in [1.165, 1.54) is 7.11 Å². The van der Waals surface area contributed by atoms with Gasteiger partial charge in [0.05, 0.1) is 26.4 Å². The second-order valence-corrected chi connectivity index (χ2v) is 13.6. The van der Waals surface area contributed by atoms with E-state index in [1.807, 2.05) is 0 Å². The van der Waals surface area contributed by atoms with Crippen LogP contribution < -0.4 is 10.6 Å². The van der Waals surface area contributed by atoms with Crippen molar-refractivity contribution >= 4 is 23.9 Å². The number of aliphatic hydroxyl groups is 1. The summed E-state index contributed by atoms with van der Waals surface area (Å²) in [7, 11) is 1.19. The van der Waals surface area contributed by atoms with Gasteiger partial charge in [-0.1, -0.05) is 33.1 Å². The number of hydrogen-bond donors (Lipinski definition) is 3. The van der Waals surface area contributed by atoms with E-state index in [1.54, 1.807) is 25.7 Å². The van der Waals surface area contributed by atoms with Crippen molar-refractivity contribution in [2.75, 3.05) is 26.9 Å². The number of nitrogens with zero attached hydrogens (tertiary/aromatic N) is 1. The normalized spacial score (nSPS) is 28.4. The lowest BCUT2D eigenvalue weighted by atomic mass is 9.83. The van der Waals surface area contributed by atoms with Gasteiger partial charge >= 0.3 is 12.1 Å². The number of carbonyl (C=O) groups excluding carboxylic acids is 4. The molecule has 0 aromatic heterocycles. The molecule has 40 heavy (non-hydrogen) atoms. The van der Waals surface area contributed by atoms with E-state index < -0.39 is 47.8 Å². The maximum atomic E-state index is 14.2. The largest absolute Gasteiger partial charge is 0.467 e. The number of alkyl carbamates (subject to hydrolysis) is 1. The number of piperidine rings is 1. The molecule has 2 aliphatic carbocycles. The Morgan fingerprint density at radius 3 is 2.27 bits per heavy atom. The number of aliphatic hydroxyl groups excluding tert-OH is 1. The molecular formula is C29H47N3O8. The summed E-state index contributed by atoms with van der Waals surface area (Å²) < 4.78 is 15.5. The Balaban J connectivity index is 1.55. The molecular weight excluding hydrogens is 518 g/mol. The molecule has 6 atom stereocenters. The van der Waals surface area contributed by atoms with Gasteiger partial charge in [-0.15, -0.1) is 0 Å². The zero-order valence-corrected chi connectivity index (χ0v) is 24.7. The Bertz CT molecular complexity index is 969. The number of ether oxygens (including phenoxy) is 3. The monoisotopic (exact) mass is 565 g/mol. The van der Waals surface area contributed by atoms with E-state index in [0.717, 1.165) is 32.1 Å². The van der Waals surface area contributed by atoms with Crippen molar-refractivity contribution in [2.45, 2.75) is 103 Å². The fourth-order valence-electron chi connectivity index (χ4n) is 6.87. The minimum absolute atomic E-state index is 0.0464. The third kappa shape index (κ3) is 6.56. The smallest absolute Gasteiger partial charge is 0.408 e. The van der Waals surface area contributed by atoms with Crippen LogP contribution in [0.5, 0.6) is 0 Å². The second kappa shape index (κ2) is 11.8. The molecule has 0 aromatic rings. The van der Waals surface area contributed by atoms with Gasteiger partial charge in [0.15, 0.2) is 6.10 Å². The van der Waals surface area contributed by atoms with Crippen molar-refractivity contribution in [3.8, 4) is 0 Å². The highest BCUT2D eigenvalue weighted by atomic mass is 16.6. The van der Waals surface area contributed by atoms with Crippen LogP contribution in [0.3, 0.4) is 0 Å². The van der Waals surface area contributed by atoms with E-state index in [4.69, 9.17) is 14.2 Å². The SMILES string of the molecule is COC(=O)C(O)C(CC1COC1)NC(=O)[C@@H]1[C@@H]2C(CN1C(=O)[C@@H](NC(=O)OC(C)(C)C)C1CCCCC1)C2(C)C. The van der Waals surface area contributed by atoms with E-state index in [2.05, 4.69) is 24.5 Å². The number of carbonyl (C=O) groups is 4. The molecule has 3 unspecified atom stereocenters. The molecule has 11 nitrogen and oxygen atoms in total.